The van der Waals surface area contributed by atoms with E-state index in [1.54, 1.807) is 19.5 Å². The van der Waals surface area contributed by atoms with Gasteiger partial charge in [0.05, 0.1) is 24.4 Å². The normalized spacial score (nSPS) is 12.9. The first-order chi connectivity index (χ1) is 8.69. The molecule has 0 bridgehead atoms. The Morgan fingerprint density at radius 3 is 2.72 bits per heavy atom. The van der Waals surface area contributed by atoms with E-state index in [2.05, 4.69) is 34.0 Å². The quantitative estimate of drug-likeness (QED) is 0.618. The van der Waals surface area contributed by atoms with Crippen LogP contribution >= 0.6 is 11.5 Å². The summed E-state index contributed by atoms with van der Waals surface area (Å²) in [6, 6.07) is -0.0227. The van der Waals surface area contributed by atoms with Crippen molar-refractivity contribution in [1.82, 2.24) is 24.8 Å². The third kappa shape index (κ3) is 2.22. The van der Waals surface area contributed by atoms with Crippen LogP contribution in [0.4, 0.5) is 0 Å². The van der Waals surface area contributed by atoms with Crippen molar-refractivity contribution in [1.29, 1.82) is 0 Å². The van der Waals surface area contributed by atoms with Gasteiger partial charge in [0.25, 0.3) is 0 Å². The molecule has 2 rings (SSSR count). The molecule has 0 aromatic carbocycles. The Hall–Kier alpha value is -1.51. The zero-order valence-corrected chi connectivity index (χ0v) is 11.3. The van der Waals surface area contributed by atoms with E-state index in [1.165, 1.54) is 11.5 Å². The first-order valence-corrected chi connectivity index (χ1v) is 6.31. The molecule has 2 aromatic rings. The lowest BCUT2D eigenvalue weighted by Gasteiger charge is -2.19. The van der Waals surface area contributed by atoms with Crippen LogP contribution in [0.5, 0.6) is 5.75 Å². The number of rotatable bonds is 5. The number of hydrazine groups is 1. The van der Waals surface area contributed by atoms with E-state index >= 15 is 0 Å². The average molecular weight is 268 g/mol. The summed E-state index contributed by atoms with van der Waals surface area (Å²) in [6.45, 7) is 4.10. The SMILES string of the molecule is COc1cnn(C(C)C)c1C(NN)c1cnns1. The van der Waals surface area contributed by atoms with Crippen LogP contribution in [0.3, 0.4) is 0 Å². The highest BCUT2D eigenvalue weighted by molar-refractivity contribution is 7.05. The van der Waals surface area contributed by atoms with Crippen LogP contribution < -0.4 is 16.0 Å². The summed E-state index contributed by atoms with van der Waals surface area (Å²) in [7, 11) is 1.61. The lowest BCUT2D eigenvalue weighted by Crippen LogP contribution is -2.30. The minimum Gasteiger partial charge on any atom is -0.493 e. The van der Waals surface area contributed by atoms with E-state index in [1.807, 2.05) is 4.68 Å². The minimum atomic E-state index is -0.232. The molecule has 0 aliphatic heterocycles. The summed E-state index contributed by atoms with van der Waals surface area (Å²) in [6.07, 6.45) is 3.38. The second-order valence-corrected chi connectivity index (χ2v) is 4.87. The van der Waals surface area contributed by atoms with Gasteiger partial charge in [0.2, 0.25) is 0 Å². The summed E-state index contributed by atoms with van der Waals surface area (Å²) >= 11 is 1.29. The highest BCUT2D eigenvalue weighted by Gasteiger charge is 2.25. The zero-order chi connectivity index (χ0) is 13.1. The number of nitrogens with one attached hydrogen (secondary N) is 1. The summed E-state index contributed by atoms with van der Waals surface area (Å²) in [5, 5.41) is 8.16. The van der Waals surface area contributed by atoms with E-state index < -0.39 is 0 Å². The van der Waals surface area contributed by atoms with E-state index in [9.17, 15) is 0 Å². The molecular weight excluding hydrogens is 252 g/mol. The van der Waals surface area contributed by atoms with Gasteiger partial charge in [-0.2, -0.15) is 5.10 Å². The lowest BCUT2D eigenvalue weighted by atomic mass is 10.1. The van der Waals surface area contributed by atoms with Crippen molar-refractivity contribution in [3.05, 3.63) is 23.0 Å². The molecule has 3 N–H and O–H groups in total. The van der Waals surface area contributed by atoms with Crippen LogP contribution in [-0.4, -0.2) is 26.5 Å². The average Bonchev–Trinajstić information content (AvgIpc) is 2.99. The fourth-order valence-corrected chi connectivity index (χ4v) is 2.36. The molecule has 7 nitrogen and oxygen atoms in total. The van der Waals surface area contributed by atoms with Gasteiger partial charge in [-0.25, -0.2) is 5.43 Å². The van der Waals surface area contributed by atoms with Gasteiger partial charge in [-0.1, -0.05) is 4.49 Å². The molecule has 8 heteroatoms. The lowest BCUT2D eigenvalue weighted by molar-refractivity contribution is 0.394. The molecule has 0 radical (unpaired) electrons. The van der Waals surface area contributed by atoms with Crippen LogP contribution in [-0.2, 0) is 0 Å². The van der Waals surface area contributed by atoms with Crippen molar-refractivity contribution < 1.29 is 4.74 Å². The fraction of sp³-hybridized carbons (Fsp3) is 0.500. The number of aromatic nitrogens is 4. The number of nitrogens with zero attached hydrogens (tertiary/aromatic N) is 4. The van der Waals surface area contributed by atoms with Gasteiger partial charge in [0.1, 0.15) is 11.7 Å². The van der Waals surface area contributed by atoms with E-state index in [-0.39, 0.29) is 12.1 Å². The number of methoxy groups -OCH3 is 1. The van der Waals surface area contributed by atoms with Crippen molar-refractivity contribution in [2.45, 2.75) is 25.9 Å². The van der Waals surface area contributed by atoms with Gasteiger partial charge < -0.3 is 4.74 Å². The fourth-order valence-electron chi connectivity index (χ4n) is 1.80. The van der Waals surface area contributed by atoms with Crippen molar-refractivity contribution in [3.8, 4) is 5.75 Å². The highest BCUT2D eigenvalue weighted by atomic mass is 32.1. The predicted octanol–water partition coefficient (Wildman–Crippen LogP) is 0.877. The predicted molar refractivity (Wildman–Crippen MR) is 68.2 cm³/mol. The molecule has 0 aliphatic rings. The summed E-state index contributed by atoms with van der Waals surface area (Å²) in [5.41, 5.74) is 3.64. The molecule has 0 amide bonds. The van der Waals surface area contributed by atoms with Crippen molar-refractivity contribution >= 4 is 11.5 Å². The number of hydrogen-bond donors (Lipinski definition) is 2. The van der Waals surface area contributed by atoms with Gasteiger partial charge >= 0.3 is 0 Å². The molecule has 98 valence electrons. The summed E-state index contributed by atoms with van der Waals surface area (Å²) in [5.74, 6) is 6.35. The topological polar surface area (TPSA) is 90.9 Å². The van der Waals surface area contributed by atoms with Crippen LogP contribution in [0.1, 0.15) is 36.5 Å². The Balaban J connectivity index is 2.50. The van der Waals surface area contributed by atoms with E-state index in [4.69, 9.17) is 10.6 Å². The third-order valence-corrected chi connectivity index (χ3v) is 3.34. The number of ether oxygens (including phenoxy) is 1. The molecular formula is C10H16N6OS. The van der Waals surface area contributed by atoms with Gasteiger partial charge in [0, 0.05) is 6.04 Å². The molecule has 0 spiro atoms. The van der Waals surface area contributed by atoms with Gasteiger partial charge in [-0.15, -0.1) is 5.10 Å². The number of hydrogen-bond acceptors (Lipinski definition) is 7. The highest BCUT2D eigenvalue weighted by Crippen LogP contribution is 2.32. The van der Waals surface area contributed by atoms with Gasteiger partial charge in [-0.3, -0.25) is 10.5 Å². The largest absolute Gasteiger partial charge is 0.493 e. The maximum atomic E-state index is 5.65. The molecule has 0 saturated heterocycles. The molecule has 0 aliphatic carbocycles. The molecule has 2 heterocycles. The van der Waals surface area contributed by atoms with Gasteiger partial charge in [0.15, 0.2) is 5.75 Å². The Morgan fingerprint density at radius 2 is 2.22 bits per heavy atom. The molecule has 18 heavy (non-hydrogen) atoms. The molecule has 1 atom stereocenters. The Labute approximate surface area is 109 Å². The van der Waals surface area contributed by atoms with Crippen LogP contribution in [0.2, 0.25) is 0 Å². The minimum absolute atomic E-state index is 0.209. The first kappa shape index (κ1) is 12.9. The smallest absolute Gasteiger partial charge is 0.162 e. The third-order valence-electron chi connectivity index (χ3n) is 2.61. The maximum absolute atomic E-state index is 5.65. The van der Waals surface area contributed by atoms with Crippen LogP contribution in [0.25, 0.3) is 0 Å². The monoisotopic (exact) mass is 268 g/mol. The van der Waals surface area contributed by atoms with Crippen molar-refractivity contribution in [3.63, 3.8) is 0 Å². The van der Waals surface area contributed by atoms with Crippen molar-refractivity contribution in [2.75, 3.05) is 7.11 Å². The summed E-state index contributed by atoms with van der Waals surface area (Å²) < 4.78 is 11.1. The molecule has 0 saturated carbocycles. The summed E-state index contributed by atoms with van der Waals surface area (Å²) in [4.78, 5) is 0.915. The van der Waals surface area contributed by atoms with Crippen LogP contribution in [0.15, 0.2) is 12.4 Å². The number of nitrogens with two attached hydrogens (primary N) is 1. The first-order valence-electron chi connectivity index (χ1n) is 5.53. The Bertz CT molecular complexity index is 494. The second kappa shape index (κ2) is 5.42. The molecule has 2 aromatic heterocycles. The Kier molecular flexibility index (Phi) is 3.90. The standard InChI is InChI=1S/C10H16N6OS/c1-6(2)16-10(7(17-3)4-13-16)9(14-11)8-5-12-15-18-8/h4-6,9,14H,11H2,1-3H3. The zero-order valence-electron chi connectivity index (χ0n) is 10.5. The van der Waals surface area contributed by atoms with E-state index in [0.29, 0.717) is 5.75 Å². The van der Waals surface area contributed by atoms with Gasteiger partial charge in [-0.05, 0) is 25.4 Å². The van der Waals surface area contributed by atoms with Crippen LogP contribution in [0, 0.1) is 0 Å². The maximum Gasteiger partial charge on any atom is 0.162 e. The second-order valence-electron chi connectivity index (χ2n) is 4.06. The van der Waals surface area contributed by atoms with Crippen molar-refractivity contribution in [2.24, 2.45) is 5.84 Å². The Morgan fingerprint density at radius 1 is 1.44 bits per heavy atom. The molecule has 1 unspecified atom stereocenters. The van der Waals surface area contributed by atoms with E-state index in [0.717, 1.165) is 10.6 Å². The molecule has 0 fully saturated rings.